The Bertz CT molecular complexity index is 350. The van der Waals surface area contributed by atoms with Crippen LogP contribution in [0.15, 0.2) is 5.16 Å². The largest absolute Gasteiger partial charge is 0.465 e. The number of carbonyl (C=O) groups is 1. The van der Waals surface area contributed by atoms with E-state index in [1.165, 1.54) is 18.9 Å². The first-order valence-corrected chi connectivity index (χ1v) is 5.43. The van der Waals surface area contributed by atoms with E-state index in [0.29, 0.717) is 5.16 Å². The zero-order valence-electron chi connectivity index (χ0n) is 7.38. The number of aromatic nitrogens is 2. The van der Waals surface area contributed by atoms with E-state index in [1.54, 1.807) is 6.26 Å². The Labute approximate surface area is 95.0 Å². The SMILES string of the molecule is COC(=O)c1c(Cl)nc(SC)nc1Cl. The van der Waals surface area contributed by atoms with Gasteiger partial charge >= 0.3 is 5.97 Å². The fourth-order valence-electron chi connectivity index (χ4n) is 0.752. The minimum atomic E-state index is -0.646. The molecule has 0 atom stereocenters. The van der Waals surface area contributed by atoms with E-state index in [2.05, 4.69) is 14.7 Å². The average Bonchev–Trinajstić information content (AvgIpc) is 2.16. The number of rotatable bonds is 2. The topological polar surface area (TPSA) is 52.1 Å². The summed E-state index contributed by atoms with van der Waals surface area (Å²) in [6.45, 7) is 0. The number of hydrogen-bond acceptors (Lipinski definition) is 5. The van der Waals surface area contributed by atoms with Crippen LogP contribution in [0.1, 0.15) is 10.4 Å². The second-order valence-corrected chi connectivity index (χ2v) is 3.65. The molecule has 0 amide bonds. The molecule has 0 aliphatic carbocycles. The lowest BCUT2D eigenvalue weighted by molar-refractivity contribution is 0.0600. The minimum absolute atomic E-state index is 0.00111. The molecule has 0 saturated carbocycles. The minimum Gasteiger partial charge on any atom is -0.465 e. The molecule has 0 saturated heterocycles. The van der Waals surface area contributed by atoms with E-state index >= 15 is 0 Å². The van der Waals surface area contributed by atoms with Crippen molar-refractivity contribution >= 4 is 40.9 Å². The monoisotopic (exact) mass is 252 g/mol. The van der Waals surface area contributed by atoms with E-state index in [0.717, 1.165) is 0 Å². The van der Waals surface area contributed by atoms with Crippen molar-refractivity contribution in [1.82, 2.24) is 9.97 Å². The van der Waals surface area contributed by atoms with Crippen molar-refractivity contribution in [2.24, 2.45) is 0 Å². The Hall–Kier alpha value is -0.520. The maximum absolute atomic E-state index is 11.2. The Morgan fingerprint density at radius 1 is 1.36 bits per heavy atom. The van der Waals surface area contributed by atoms with Gasteiger partial charge in [-0.25, -0.2) is 14.8 Å². The van der Waals surface area contributed by atoms with Crippen LogP contribution in [0.4, 0.5) is 0 Å². The predicted molar refractivity (Wildman–Crippen MR) is 55.2 cm³/mol. The molecule has 0 spiro atoms. The quantitative estimate of drug-likeness (QED) is 0.350. The molecular formula is C7H6Cl2N2O2S. The van der Waals surface area contributed by atoms with Crippen molar-refractivity contribution in [2.45, 2.75) is 5.16 Å². The Kier molecular flexibility index (Phi) is 3.97. The van der Waals surface area contributed by atoms with Crippen LogP contribution >= 0.6 is 35.0 Å². The number of ether oxygens (including phenoxy) is 1. The van der Waals surface area contributed by atoms with Crippen molar-refractivity contribution in [3.05, 3.63) is 15.9 Å². The highest BCUT2D eigenvalue weighted by Gasteiger charge is 2.19. The fraction of sp³-hybridized carbons (Fsp3) is 0.286. The first kappa shape index (κ1) is 11.6. The highest BCUT2D eigenvalue weighted by molar-refractivity contribution is 7.98. The van der Waals surface area contributed by atoms with Crippen molar-refractivity contribution in [3.8, 4) is 0 Å². The molecule has 1 aromatic heterocycles. The maximum Gasteiger partial charge on any atom is 0.344 e. The van der Waals surface area contributed by atoms with Crippen LogP contribution in [0.5, 0.6) is 0 Å². The third-order valence-corrected chi connectivity index (χ3v) is 2.47. The summed E-state index contributed by atoms with van der Waals surface area (Å²) in [5.74, 6) is -0.646. The van der Waals surface area contributed by atoms with Gasteiger partial charge in [0.1, 0.15) is 15.9 Å². The molecule has 1 heterocycles. The van der Waals surface area contributed by atoms with E-state index < -0.39 is 5.97 Å². The highest BCUT2D eigenvalue weighted by atomic mass is 35.5. The predicted octanol–water partition coefficient (Wildman–Crippen LogP) is 2.29. The molecule has 14 heavy (non-hydrogen) atoms. The van der Waals surface area contributed by atoms with Crippen molar-refractivity contribution in [2.75, 3.05) is 13.4 Å². The summed E-state index contributed by atoms with van der Waals surface area (Å²) >= 11 is 12.8. The number of nitrogens with zero attached hydrogens (tertiary/aromatic N) is 2. The van der Waals surface area contributed by atoms with E-state index in [4.69, 9.17) is 23.2 Å². The van der Waals surface area contributed by atoms with Crippen molar-refractivity contribution in [1.29, 1.82) is 0 Å². The average molecular weight is 253 g/mol. The van der Waals surface area contributed by atoms with Gasteiger partial charge in [0.15, 0.2) is 5.16 Å². The number of thioether (sulfide) groups is 1. The molecule has 7 heteroatoms. The third kappa shape index (κ3) is 2.29. The summed E-state index contributed by atoms with van der Waals surface area (Å²) in [4.78, 5) is 18.9. The number of hydrogen-bond donors (Lipinski definition) is 0. The molecule has 0 aliphatic heterocycles. The summed E-state index contributed by atoms with van der Waals surface area (Å²) in [5.41, 5.74) is -0.00590. The normalized spacial score (nSPS) is 10.0. The standard InChI is InChI=1S/C7H6Cl2N2O2S/c1-13-6(12)3-4(8)10-7(14-2)11-5(3)9/h1-2H3. The summed E-state index contributed by atoms with van der Waals surface area (Å²) in [5, 5.41) is 0.412. The summed E-state index contributed by atoms with van der Waals surface area (Å²) < 4.78 is 4.48. The smallest absolute Gasteiger partial charge is 0.344 e. The Balaban J connectivity index is 3.25. The molecule has 0 aromatic carbocycles. The first-order valence-electron chi connectivity index (χ1n) is 3.45. The van der Waals surface area contributed by atoms with Gasteiger partial charge < -0.3 is 4.74 Å². The van der Waals surface area contributed by atoms with Crippen LogP contribution in [0.3, 0.4) is 0 Å². The number of carbonyl (C=O) groups excluding carboxylic acids is 1. The Morgan fingerprint density at radius 2 is 1.86 bits per heavy atom. The zero-order chi connectivity index (χ0) is 10.7. The van der Waals surface area contributed by atoms with Gasteiger partial charge in [-0.05, 0) is 6.26 Å². The second kappa shape index (κ2) is 4.82. The molecular weight excluding hydrogens is 247 g/mol. The lowest BCUT2D eigenvalue weighted by atomic mass is 10.3. The van der Waals surface area contributed by atoms with Gasteiger partial charge in [0.25, 0.3) is 0 Å². The molecule has 76 valence electrons. The molecule has 0 radical (unpaired) electrons. The molecule has 1 aromatic rings. The van der Waals surface area contributed by atoms with Gasteiger partial charge in [-0.2, -0.15) is 0 Å². The van der Waals surface area contributed by atoms with Crippen LogP contribution in [0, 0.1) is 0 Å². The van der Waals surface area contributed by atoms with Gasteiger partial charge in [-0.1, -0.05) is 35.0 Å². The summed E-state index contributed by atoms with van der Waals surface area (Å²) in [6.07, 6.45) is 1.78. The summed E-state index contributed by atoms with van der Waals surface area (Å²) in [6, 6.07) is 0. The molecule has 0 bridgehead atoms. The van der Waals surface area contributed by atoms with Gasteiger partial charge in [0.2, 0.25) is 0 Å². The molecule has 4 nitrogen and oxygen atoms in total. The highest BCUT2D eigenvalue weighted by Crippen LogP contribution is 2.24. The van der Waals surface area contributed by atoms with Gasteiger partial charge in [-0.3, -0.25) is 0 Å². The van der Waals surface area contributed by atoms with Crippen LogP contribution < -0.4 is 0 Å². The van der Waals surface area contributed by atoms with Crippen molar-refractivity contribution < 1.29 is 9.53 Å². The van der Waals surface area contributed by atoms with Gasteiger partial charge in [0.05, 0.1) is 7.11 Å². The van der Waals surface area contributed by atoms with Crippen LogP contribution in [0.2, 0.25) is 10.3 Å². The number of methoxy groups -OCH3 is 1. The fourth-order valence-corrected chi connectivity index (χ4v) is 1.76. The van der Waals surface area contributed by atoms with Crippen LogP contribution in [-0.2, 0) is 4.74 Å². The second-order valence-electron chi connectivity index (χ2n) is 2.16. The lowest BCUT2D eigenvalue weighted by Crippen LogP contribution is -2.06. The molecule has 1 rings (SSSR count). The molecule has 0 unspecified atom stereocenters. The lowest BCUT2D eigenvalue weighted by Gasteiger charge is -2.04. The number of halogens is 2. The van der Waals surface area contributed by atoms with Crippen molar-refractivity contribution in [3.63, 3.8) is 0 Å². The van der Waals surface area contributed by atoms with E-state index in [-0.39, 0.29) is 15.9 Å². The first-order chi connectivity index (χ1) is 6.60. The van der Waals surface area contributed by atoms with E-state index in [1.807, 2.05) is 0 Å². The molecule has 0 aliphatic rings. The number of esters is 1. The molecule has 0 N–H and O–H groups in total. The Morgan fingerprint density at radius 3 is 2.21 bits per heavy atom. The summed E-state index contributed by atoms with van der Waals surface area (Å²) in [7, 11) is 1.23. The molecule has 0 fully saturated rings. The zero-order valence-corrected chi connectivity index (χ0v) is 9.70. The third-order valence-electron chi connectivity index (χ3n) is 1.37. The van der Waals surface area contributed by atoms with E-state index in [9.17, 15) is 4.79 Å². The van der Waals surface area contributed by atoms with Crippen LogP contribution in [-0.4, -0.2) is 29.3 Å². The van der Waals surface area contributed by atoms with Crippen LogP contribution in [0.25, 0.3) is 0 Å². The maximum atomic E-state index is 11.2. The van der Waals surface area contributed by atoms with Gasteiger partial charge in [-0.15, -0.1) is 0 Å². The van der Waals surface area contributed by atoms with Gasteiger partial charge in [0, 0.05) is 0 Å².